The van der Waals surface area contributed by atoms with Gasteiger partial charge in [0.2, 0.25) is 0 Å². The van der Waals surface area contributed by atoms with E-state index in [4.69, 9.17) is 9.84 Å². The fraction of sp³-hybridized carbons (Fsp3) is 0.438. The van der Waals surface area contributed by atoms with Crippen molar-refractivity contribution in [3.05, 3.63) is 29.5 Å². The molecule has 0 unspecified atom stereocenters. The van der Waals surface area contributed by atoms with Crippen LogP contribution in [0.2, 0.25) is 0 Å². The van der Waals surface area contributed by atoms with E-state index in [0.29, 0.717) is 13.1 Å². The van der Waals surface area contributed by atoms with E-state index in [2.05, 4.69) is 10.2 Å². The highest BCUT2D eigenvalue weighted by atomic mass is 16.6. The second kappa shape index (κ2) is 5.26. The smallest absolute Gasteiger partial charge is 0.410 e. The van der Waals surface area contributed by atoms with Gasteiger partial charge in [-0.2, -0.15) is 5.10 Å². The summed E-state index contributed by atoms with van der Waals surface area (Å²) in [7, 11) is 0. The number of carbonyl (C=O) groups is 2. The SMILES string of the molecule is CC(C)(C)OC(=O)N1CC(c2[nH]nc3ccc(C(=O)O)cc23)C1. The highest BCUT2D eigenvalue weighted by Crippen LogP contribution is 2.32. The van der Waals surface area contributed by atoms with Crippen LogP contribution < -0.4 is 0 Å². The molecule has 0 saturated carbocycles. The first-order valence-corrected chi connectivity index (χ1v) is 7.44. The van der Waals surface area contributed by atoms with Crippen LogP contribution in [0, 0.1) is 0 Å². The molecule has 2 aromatic rings. The number of rotatable bonds is 2. The lowest BCUT2D eigenvalue weighted by Gasteiger charge is -2.39. The molecule has 1 aromatic heterocycles. The fourth-order valence-corrected chi connectivity index (χ4v) is 2.61. The molecule has 1 aromatic carbocycles. The molecule has 122 valence electrons. The normalized spacial score (nSPS) is 15.5. The van der Waals surface area contributed by atoms with Gasteiger partial charge in [-0.05, 0) is 39.0 Å². The lowest BCUT2D eigenvalue weighted by atomic mass is 9.94. The quantitative estimate of drug-likeness (QED) is 0.887. The molecule has 0 radical (unpaired) electrons. The number of aromatic amines is 1. The Morgan fingerprint density at radius 2 is 2.04 bits per heavy atom. The second-order valence-electron chi connectivity index (χ2n) is 6.76. The Morgan fingerprint density at radius 1 is 1.35 bits per heavy atom. The van der Waals surface area contributed by atoms with Crippen molar-refractivity contribution in [2.75, 3.05) is 13.1 Å². The molecular formula is C16H19N3O4. The monoisotopic (exact) mass is 317 g/mol. The number of carboxylic acid groups (broad SMARTS) is 1. The van der Waals surface area contributed by atoms with Crippen molar-refractivity contribution in [2.24, 2.45) is 0 Å². The van der Waals surface area contributed by atoms with Crippen molar-refractivity contribution in [2.45, 2.75) is 32.3 Å². The van der Waals surface area contributed by atoms with Crippen LogP contribution in [0.3, 0.4) is 0 Å². The van der Waals surface area contributed by atoms with E-state index in [9.17, 15) is 9.59 Å². The van der Waals surface area contributed by atoms with Gasteiger partial charge < -0.3 is 14.7 Å². The van der Waals surface area contributed by atoms with Crippen molar-refractivity contribution < 1.29 is 19.4 Å². The number of carbonyl (C=O) groups excluding carboxylic acids is 1. The minimum Gasteiger partial charge on any atom is -0.478 e. The van der Waals surface area contributed by atoms with E-state index in [1.165, 1.54) is 6.07 Å². The largest absolute Gasteiger partial charge is 0.478 e. The number of carboxylic acids is 1. The average molecular weight is 317 g/mol. The fourth-order valence-electron chi connectivity index (χ4n) is 2.61. The number of aromatic nitrogens is 2. The molecule has 0 aliphatic carbocycles. The van der Waals surface area contributed by atoms with Gasteiger partial charge in [0.05, 0.1) is 11.1 Å². The van der Waals surface area contributed by atoms with E-state index < -0.39 is 11.6 Å². The van der Waals surface area contributed by atoms with E-state index in [1.807, 2.05) is 20.8 Å². The molecule has 2 heterocycles. The zero-order chi connectivity index (χ0) is 16.8. The van der Waals surface area contributed by atoms with Crippen LogP contribution in [-0.2, 0) is 4.74 Å². The number of hydrogen-bond acceptors (Lipinski definition) is 4. The summed E-state index contributed by atoms with van der Waals surface area (Å²) in [6, 6.07) is 4.83. The average Bonchev–Trinajstić information content (AvgIpc) is 2.78. The van der Waals surface area contributed by atoms with Gasteiger partial charge in [-0.25, -0.2) is 9.59 Å². The molecule has 3 rings (SSSR count). The maximum atomic E-state index is 12.0. The van der Waals surface area contributed by atoms with Crippen molar-refractivity contribution in [3.63, 3.8) is 0 Å². The Morgan fingerprint density at radius 3 is 2.65 bits per heavy atom. The van der Waals surface area contributed by atoms with Crippen LogP contribution in [0.1, 0.15) is 42.7 Å². The molecule has 23 heavy (non-hydrogen) atoms. The number of H-pyrrole nitrogens is 1. The van der Waals surface area contributed by atoms with Crippen molar-refractivity contribution >= 4 is 23.0 Å². The summed E-state index contributed by atoms with van der Waals surface area (Å²) in [4.78, 5) is 24.7. The van der Waals surface area contributed by atoms with Crippen molar-refractivity contribution in [3.8, 4) is 0 Å². The maximum Gasteiger partial charge on any atom is 0.410 e. The zero-order valence-corrected chi connectivity index (χ0v) is 13.3. The Hall–Kier alpha value is -2.57. The van der Waals surface area contributed by atoms with Crippen LogP contribution in [0.15, 0.2) is 18.2 Å². The minimum atomic E-state index is -0.969. The summed E-state index contributed by atoms with van der Waals surface area (Å²) in [5.74, 6) is -0.861. The van der Waals surface area contributed by atoms with E-state index >= 15 is 0 Å². The van der Waals surface area contributed by atoms with Gasteiger partial charge in [-0.15, -0.1) is 0 Å². The molecule has 0 bridgehead atoms. The van der Waals surface area contributed by atoms with E-state index in [0.717, 1.165) is 16.6 Å². The molecular weight excluding hydrogens is 298 g/mol. The molecule has 1 fully saturated rings. The lowest BCUT2D eigenvalue weighted by molar-refractivity contribution is 0.00796. The number of ether oxygens (including phenoxy) is 1. The third-order valence-corrected chi connectivity index (χ3v) is 3.77. The number of nitrogens with one attached hydrogen (secondary N) is 1. The van der Waals surface area contributed by atoms with Crippen LogP contribution in [0.5, 0.6) is 0 Å². The van der Waals surface area contributed by atoms with Crippen molar-refractivity contribution in [1.29, 1.82) is 0 Å². The van der Waals surface area contributed by atoms with Gasteiger partial charge in [-0.3, -0.25) is 5.10 Å². The van der Waals surface area contributed by atoms with Gasteiger partial charge in [0.1, 0.15) is 5.60 Å². The summed E-state index contributed by atoms with van der Waals surface area (Å²) in [5.41, 5.74) is 1.30. The second-order valence-corrected chi connectivity index (χ2v) is 6.76. The number of aromatic carboxylic acids is 1. The molecule has 0 spiro atoms. The predicted molar refractivity (Wildman–Crippen MR) is 83.6 cm³/mol. The summed E-state index contributed by atoms with van der Waals surface area (Å²) >= 11 is 0. The Bertz CT molecular complexity index is 769. The number of benzene rings is 1. The summed E-state index contributed by atoms with van der Waals surface area (Å²) in [6.07, 6.45) is -0.330. The van der Waals surface area contributed by atoms with Crippen LogP contribution in [-0.4, -0.2) is 51.0 Å². The topological polar surface area (TPSA) is 95.5 Å². The minimum absolute atomic E-state index is 0.108. The van der Waals surface area contributed by atoms with E-state index in [1.54, 1.807) is 17.0 Å². The number of likely N-dealkylation sites (tertiary alicyclic amines) is 1. The summed E-state index contributed by atoms with van der Waals surface area (Å²) in [6.45, 7) is 6.56. The number of nitrogens with zero attached hydrogens (tertiary/aromatic N) is 2. The van der Waals surface area contributed by atoms with Crippen LogP contribution in [0.25, 0.3) is 10.9 Å². The van der Waals surface area contributed by atoms with Gasteiger partial charge in [0.15, 0.2) is 0 Å². The number of amides is 1. The standard InChI is InChI=1S/C16H19N3O4/c1-16(2,3)23-15(22)19-7-10(8-19)13-11-6-9(14(20)21)4-5-12(11)17-18-13/h4-6,10H,7-8H2,1-3H3,(H,17,18)(H,20,21). The number of hydrogen-bond donors (Lipinski definition) is 2. The molecule has 7 nitrogen and oxygen atoms in total. The first-order valence-electron chi connectivity index (χ1n) is 7.44. The highest BCUT2D eigenvalue weighted by Gasteiger charge is 2.36. The Labute approximate surface area is 133 Å². The molecule has 0 atom stereocenters. The van der Waals surface area contributed by atoms with Gasteiger partial charge in [-0.1, -0.05) is 0 Å². The number of fused-ring (bicyclic) bond motifs is 1. The highest BCUT2D eigenvalue weighted by molar-refractivity contribution is 5.94. The first-order chi connectivity index (χ1) is 10.7. The van der Waals surface area contributed by atoms with Crippen LogP contribution in [0.4, 0.5) is 4.79 Å². The maximum absolute atomic E-state index is 12.0. The lowest BCUT2D eigenvalue weighted by Crippen LogP contribution is -2.50. The molecule has 1 amide bonds. The third kappa shape index (κ3) is 2.99. The molecule has 7 heteroatoms. The van der Waals surface area contributed by atoms with Crippen LogP contribution >= 0.6 is 0 Å². The predicted octanol–water partition coefficient (Wildman–Crippen LogP) is 2.60. The molecule has 1 saturated heterocycles. The van der Waals surface area contributed by atoms with Gasteiger partial charge in [0.25, 0.3) is 0 Å². The summed E-state index contributed by atoms with van der Waals surface area (Å²) in [5, 5.41) is 17.1. The molecule has 1 aliphatic heterocycles. The third-order valence-electron chi connectivity index (χ3n) is 3.77. The Balaban J connectivity index is 1.75. The molecule has 1 aliphatic rings. The summed E-state index contributed by atoms with van der Waals surface area (Å²) < 4.78 is 5.33. The van der Waals surface area contributed by atoms with Gasteiger partial charge in [0, 0.05) is 30.1 Å². The zero-order valence-electron chi connectivity index (χ0n) is 13.3. The van der Waals surface area contributed by atoms with Gasteiger partial charge >= 0.3 is 12.1 Å². The first kappa shape index (κ1) is 15.3. The van der Waals surface area contributed by atoms with E-state index in [-0.39, 0.29) is 17.6 Å². The Kier molecular flexibility index (Phi) is 3.50. The molecule has 2 N–H and O–H groups in total. The van der Waals surface area contributed by atoms with Crippen molar-refractivity contribution in [1.82, 2.24) is 15.1 Å².